The molecule has 4 heteroatoms. The van der Waals surface area contributed by atoms with Gasteiger partial charge in [-0.25, -0.2) is 0 Å². The van der Waals surface area contributed by atoms with Gasteiger partial charge in [-0.15, -0.1) is 11.6 Å². The normalized spacial score (nSPS) is 21.3. The molecule has 2 atom stereocenters. The third-order valence-corrected chi connectivity index (χ3v) is 4.01. The molecular formula is C15H21ClN2O. The van der Waals surface area contributed by atoms with E-state index >= 15 is 0 Å². The predicted molar refractivity (Wildman–Crippen MR) is 78.2 cm³/mol. The minimum Gasteiger partial charge on any atom is -0.352 e. The molecule has 0 spiro atoms. The molecule has 1 amide bonds. The Morgan fingerprint density at radius 2 is 2.21 bits per heavy atom. The van der Waals surface area contributed by atoms with Crippen molar-refractivity contribution in [2.75, 3.05) is 19.0 Å². The summed E-state index contributed by atoms with van der Waals surface area (Å²) in [6.45, 7) is 4.78. The molecule has 1 saturated heterocycles. The number of benzene rings is 1. The van der Waals surface area contributed by atoms with Crippen LogP contribution in [0.5, 0.6) is 0 Å². The van der Waals surface area contributed by atoms with Crippen molar-refractivity contribution < 1.29 is 4.79 Å². The van der Waals surface area contributed by atoms with Crippen LogP contribution in [-0.4, -0.2) is 35.8 Å². The van der Waals surface area contributed by atoms with E-state index in [0.717, 1.165) is 26.1 Å². The molecule has 0 radical (unpaired) electrons. The molecule has 19 heavy (non-hydrogen) atoms. The van der Waals surface area contributed by atoms with Crippen LogP contribution in [0.15, 0.2) is 30.3 Å². The van der Waals surface area contributed by atoms with E-state index in [0.29, 0.717) is 5.88 Å². The number of nitrogens with zero attached hydrogens (tertiary/aromatic N) is 1. The minimum absolute atomic E-state index is 0.0709. The standard InChI is InChI=1S/C15H21ClN2O/c1-12(9-16)15(19)17-14-7-8-18(11-14)10-13-5-3-2-4-6-13/h2-6,12,14H,7-11H2,1H3,(H,17,19). The highest BCUT2D eigenvalue weighted by atomic mass is 35.5. The lowest BCUT2D eigenvalue weighted by Gasteiger charge is -2.18. The molecule has 0 aliphatic carbocycles. The lowest BCUT2D eigenvalue weighted by atomic mass is 10.2. The maximum Gasteiger partial charge on any atom is 0.224 e. The first-order valence-electron chi connectivity index (χ1n) is 6.81. The van der Waals surface area contributed by atoms with Crippen LogP contribution >= 0.6 is 11.6 Å². The second-order valence-corrected chi connectivity index (χ2v) is 5.58. The van der Waals surface area contributed by atoms with Crippen LogP contribution in [0.4, 0.5) is 0 Å². The molecule has 2 rings (SSSR count). The highest BCUT2D eigenvalue weighted by Crippen LogP contribution is 2.14. The van der Waals surface area contributed by atoms with E-state index in [1.165, 1.54) is 5.56 Å². The zero-order valence-corrected chi connectivity index (χ0v) is 12.1. The number of likely N-dealkylation sites (tertiary alicyclic amines) is 1. The Kier molecular flexibility index (Phi) is 5.23. The first-order valence-corrected chi connectivity index (χ1v) is 7.35. The van der Waals surface area contributed by atoms with Gasteiger partial charge in [-0.1, -0.05) is 37.3 Å². The Morgan fingerprint density at radius 1 is 1.47 bits per heavy atom. The molecular weight excluding hydrogens is 260 g/mol. The number of alkyl halides is 1. The Bertz CT molecular complexity index is 410. The van der Waals surface area contributed by atoms with E-state index in [9.17, 15) is 4.79 Å². The fourth-order valence-electron chi connectivity index (χ4n) is 2.35. The molecule has 3 nitrogen and oxygen atoms in total. The van der Waals surface area contributed by atoms with Crippen LogP contribution < -0.4 is 5.32 Å². The van der Waals surface area contributed by atoms with Crippen LogP contribution in [-0.2, 0) is 11.3 Å². The first kappa shape index (κ1) is 14.4. The van der Waals surface area contributed by atoms with Crippen LogP contribution in [0.25, 0.3) is 0 Å². The van der Waals surface area contributed by atoms with E-state index in [-0.39, 0.29) is 17.9 Å². The van der Waals surface area contributed by atoms with Crippen molar-refractivity contribution in [3.05, 3.63) is 35.9 Å². The molecule has 1 aliphatic heterocycles. The highest BCUT2D eigenvalue weighted by Gasteiger charge is 2.25. The smallest absolute Gasteiger partial charge is 0.224 e. The summed E-state index contributed by atoms with van der Waals surface area (Å²) in [4.78, 5) is 14.2. The third kappa shape index (κ3) is 4.22. The minimum atomic E-state index is -0.107. The third-order valence-electron chi connectivity index (χ3n) is 3.55. The SMILES string of the molecule is CC(CCl)C(=O)NC1CCN(Cc2ccccc2)C1. The molecule has 104 valence electrons. The number of rotatable bonds is 5. The molecule has 2 unspecified atom stereocenters. The van der Waals surface area contributed by atoms with Crippen molar-refractivity contribution in [2.24, 2.45) is 5.92 Å². The summed E-state index contributed by atoms with van der Waals surface area (Å²) < 4.78 is 0. The summed E-state index contributed by atoms with van der Waals surface area (Å²) in [7, 11) is 0. The van der Waals surface area contributed by atoms with Gasteiger partial charge in [0.25, 0.3) is 0 Å². The maximum atomic E-state index is 11.8. The van der Waals surface area contributed by atoms with E-state index in [4.69, 9.17) is 11.6 Å². The van der Waals surface area contributed by atoms with Crippen molar-refractivity contribution in [3.8, 4) is 0 Å². The van der Waals surface area contributed by atoms with E-state index in [2.05, 4.69) is 34.5 Å². The molecule has 0 aromatic heterocycles. The Labute approximate surface area is 119 Å². The van der Waals surface area contributed by atoms with Gasteiger partial charge in [0.15, 0.2) is 0 Å². The van der Waals surface area contributed by atoms with Gasteiger partial charge in [0.1, 0.15) is 0 Å². The molecule has 1 aromatic carbocycles. The summed E-state index contributed by atoms with van der Waals surface area (Å²) in [6, 6.07) is 10.7. The summed E-state index contributed by atoms with van der Waals surface area (Å²) in [5.74, 6) is 0.345. The van der Waals surface area contributed by atoms with Gasteiger partial charge in [-0.3, -0.25) is 9.69 Å². The topological polar surface area (TPSA) is 32.3 Å². The summed E-state index contributed by atoms with van der Waals surface area (Å²) in [6.07, 6.45) is 1.02. The maximum absolute atomic E-state index is 11.8. The summed E-state index contributed by atoms with van der Waals surface area (Å²) in [5, 5.41) is 3.08. The van der Waals surface area contributed by atoms with E-state index in [1.807, 2.05) is 13.0 Å². The highest BCUT2D eigenvalue weighted by molar-refractivity contribution is 6.19. The second kappa shape index (κ2) is 6.92. The number of carbonyl (C=O) groups is 1. The monoisotopic (exact) mass is 280 g/mol. The van der Waals surface area contributed by atoms with E-state index < -0.39 is 0 Å². The van der Waals surface area contributed by atoms with Gasteiger partial charge in [0.05, 0.1) is 0 Å². The molecule has 0 bridgehead atoms. The van der Waals surface area contributed by atoms with Crippen LogP contribution in [0.2, 0.25) is 0 Å². The quantitative estimate of drug-likeness (QED) is 0.839. The van der Waals surface area contributed by atoms with Crippen molar-refractivity contribution >= 4 is 17.5 Å². The second-order valence-electron chi connectivity index (χ2n) is 5.27. The summed E-state index contributed by atoms with van der Waals surface area (Å²) in [5.41, 5.74) is 1.32. The predicted octanol–water partition coefficient (Wildman–Crippen LogP) is 2.25. The fourth-order valence-corrected chi connectivity index (χ4v) is 2.49. The molecule has 1 aliphatic rings. The lowest BCUT2D eigenvalue weighted by Crippen LogP contribution is -2.40. The van der Waals surface area contributed by atoms with Crippen molar-refractivity contribution in [1.29, 1.82) is 0 Å². The Hall–Kier alpha value is -1.06. The van der Waals surface area contributed by atoms with Gasteiger partial charge < -0.3 is 5.32 Å². The number of halogens is 1. The van der Waals surface area contributed by atoms with Gasteiger partial charge in [-0.2, -0.15) is 0 Å². The first-order chi connectivity index (χ1) is 9.19. The van der Waals surface area contributed by atoms with Gasteiger partial charge in [0, 0.05) is 37.5 Å². The van der Waals surface area contributed by atoms with Crippen LogP contribution in [0, 0.1) is 5.92 Å². The average molecular weight is 281 g/mol. The van der Waals surface area contributed by atoms with Crippen LogP contribution in [0.1, 0.15) is 18.9 Å². The number of amides is 1. The summed E-state index contributed by atoms with van der Waals surface area (Å²) >= 11 is 5.70. The number of hydrogen-bond donors (Lipinski definition) is 1. The largest absolute Gasteiger partial charge is 0.352 e. The number of nitrogens with one attached hydrogen (secondary N) is 1. The number of hydrogen-bond acceptors (Lipinski definition) is 2. The zero-order valence-electron chi connectivity index (χ0n) is 11.3. The Balaban J connectivity index is 1.79. The van der Waals surface area contributed by atoms with Crippen molar-refractivity contribution in [2.45, 2.75) is 25.9 Å². The molecule has 1 fully saturated rings. The fraction of sp³-hybridized carbons (Fsp3) is 0.533. The lowest BCUT2D eigenvalue weighted by molar-refractivity contribution is -0.124. The zero-order chi connectivity index (χ0) is 13.7. The van der Waals surface area contributed by atoms with Crippen LogP contribution in [0.3, 0.4) is 0 Å². The number of carbonyl (C=O) groups excluding carboxylic acids is 1. The molecule has 0 saturated carbocycles. The molecule has 1 heterocycles. The van der Waals surface area contributed by atoms with Crippen molar-refractivity contribution in [3.63, 3.8) is 0 Å². The Morgan fingerprint density at radius 3 is 2.89 bits per heavy atom. The van der Waals surface area contributed by atoms with Gasteiger partial charge in [0.2, 0.25) is 5.91 Å². The van der Waals surface area contributed by atoms with E-state index in [1.54, 1.807) is 0 Å². The van der Waals surface area contributed by atoms with Gasteiger partial charge >= 0.3 is 0 Å². The van der Waals surface area contributed by atoms with Gasteiger partial charge in [-0.05, 0) is 12.0 Å². The molecule has 1 N–H and O–H groups in total. The van der Waals surface area contributed by atoms with Crippen molar-refractivity contribution in [1.82, 2.24) is 10.2 Å². The molecule has 1 aromatic rings. The average Bonchev–Trinajstić information content (AvgIpc) is 2.86.